The average molecular weight is 518 g/mol. The molecule has 0 fully saturated rings. The molecule has 1 heterocycles. The van der Waals surface area contributed by atoms with Crippen molar-refractivity contribution in [3.8, 4) is 0 Å². The summed E-state index contributed by atoms with van der Waals surface area (Å²) in [5, 5.41) is 8.07. The van der Waals surface area contributed by atoms with Gasteiger partial charge in [0.15, 0.2) is 5.13 Å². The van der Waals surface area contributed by atoms with E-state index in [0.717, 1.165) is 10.5 Å². The molecule has 0 aliphatic carbocycles. The van der Waals surface area contributed by atoms with Gasteiger partial charge >= 0.3 is 5.97 Å². The van der Waals surface area contributed by atoms with Crippen LogP contribution in [0.2, 0.25) is 5.02 Å². The van der Waals surface area contributed by atoms with E-state index in [1.54, 1.807) is 43.5 Å². The highest BCUT2D eigenvalue weighted by Crippen LogP contribution is 2.26. The fourth-order valence-corrected chi connectivity index (χ4v) is 4.59. The van der Waals surface area contributed by atoms with Crippen LogP contribution in [-0.4, -0.2) is 34.6 Å². The highest BCUT2D eigenvalue weighted by Gasteiger charge is 2.17. The Bertz CT molecular complexity index is 1130. The molecular weight excluding hydrogens is 494 g/mol. The summed E-state index contributed by atoms with van der Waals surface area (Å²) in [5.74, 6) is -0.664. The van der Waals surface area contributed by atoms with Crippen molar-refractivity contribution >= 4 is 63.3 Å². The largest absolute Gasteiger partial charge is 0.466 e. The minimum absolute atomic E-state index is 0.0765. The Kier molecular flexibility index (Phi) is 9.50. The molecule has 3 rings (SSSR count). The van der Waals surface area contributed by atoms with Crippen molar-refractivity contribution in [3.63, 3.8) is 0 Å². The van der Waals surface area contributed by atoms with Crippen LogP contribution in [0, 0.1) is 0 Å². The third-order valence-electron chi connectivity index (χ3n) is 4.51. The number of anilines is 2. The molecule has 0 saturated heterocycles. The van der Waals surface area contributed by atoms with Gasteiger partial charge in [0.1, 0.15) is 0 Å². The topological polar surface area (TPSA) is 97.4 Å². The lowest BCUT2D eigenvalue weighted by Gasteiger charge is -2.11. The Labute approximate surface area is 211 Å². The van der Waals surface area contributed by atoms with Crippen molar-refractivity contribution in [3.05, 3.63) is 70.2 Å². The van der Waals surface area contributed by atoms with Gasteiger partial charge in [0.2, 0.25) is 11.8 Å². The molecule has 0 radical (unpaired) electrons. The zero-order valence-corrected chi connectivity index (χ0v) is 21.1. The standard InChI is InChI=1S/C24H24ClN3O4S2/c1-3-32-22(30)13-19-14-33-24(27-19)28-23(31)15(2)34-20-10-8-18(9-11-20)26-21(29)12-16-4-6-17(25)7-5-16/h4-11,14-15H,3,12-13H2,1-2H3,(H,26,29)(H,27,28,31). The van der Waals surface area contributed by atoms with E-state index in [-0.39, 0.29) is 35.9 Å². The van der Waals surface area contributed by atoms with Crippen molar-refractivity contribution in [1.82, 2.24) is 4.98 Å². The number of ether oxygens (including phenoxy) is 1. The lowest BCUT2D eigenvalue weighted by Crippen LogP contribution is -2.22. The number of thioether (sulfide) groups is 1. The third kappa shape index (κ3) is 8.16. The van der Waals surface area contributed by atoms with Gasteiger partial charge in [-0.05, 0) is 55.8 Å². The maximum Gasteiger partial charge on any atom is 0.311 e. The zero-order valence-electron chi connectivity index (χ0n) is 18.7. The van der Waals surface area contributed by atoms with Crippen molar-refractivity contribution in [2.45, 2.75) is 36.8 Å². The van der Waals surface area contributed by atoms with E-state index in [4.69, 9.17) is 16.3 Å². The van der Waals surface area contributed by atoms with Gasteiger partial charge in [0.25, 0.3) is 0 Å². The van der Waals surface area contributed by atoms with Gasteiger partial charge in [0, 0.05) is 21.0 Å². The molecule has 34 heavy (non-hydrogen) atoms. The monoisotopic (exact) mass is 517 g/mol. The van der Waals surface area contributed by atoms with Crippen molar-refractivity contribution < 1.29 is 19.1 Å². The Hall–Kier alpha value is -2.88. The van der Waals surface area contributed by atoms with Crippen LogP contribution in [0.25, 0.3) is 0 Å². The molecule has 0 bridgehead atoms. The first-order chi connectivity index (χ1) is 16.3. The second kappa shape index (κ2) is 12.5. The molecule has 0 aliphatic heterocycles. The summed E-state index contributed by atoms with van der Waals surface area (Å²) in [6.45, 7) is 3.86. The van der Waals surface area contributed by atoms with E-state index in [1.807, 2.05) is 24.3 Å². The molecule has 3 aromatic rings. The van der Waals surface area contributed by atoms with Crippen molar-refractivity contribution in [2.75, 3.05) is 17.2 Å². The lowest BCUT2D eigenvalue weighted by atomic mass is 10.1. The van der Waals surface area contributed by atoms with Gasteiger partial charge in [0.05, 0.1) is 30.4 Å². The van der Waals surface area contributed by atoms with E-state index >= 15 is 0 Å². The number of nitrogens with zero attached hydrogens (tertiary/aromatic N) is 1. The van der Waals surface area contributed by atoms with Gasteiger partial charge < -0.3 is 15.4 Å². The predicted molar refractivity (Wildman–Crippen MR) is 137 cm³/mol. The van der Waals surface area contributed by atoms with Crippen LogP contribution in [0.1, 0.15) is 25.1 Å². The maximum absolute atomic E-state index is 12.5. The van der Waals surface area contributed by atoms with E-state index in [2.05, 4.69) is 15.6 Å². The highest BCUT2D eigenvalue weighted by molar-refractivity contribution is 8.00. The minimum atomic E-state index is -0.372. The van der Waals surface area contributed by atoms with Gasteiger partial charge in [-0.15, -0.1) is 23.1 Å². The van der Waals surface area contributed by atoms with Crippen LogP contribution < -0.4 is 10.6 Å². The Morgan fingerprint density at radius 3 is 2.44 bits per heavy atom. The summed E-state index contributed by atoms with van der Waals surface area (Å²) in [5.41, 5.74) is 2.12. The predicted octanol–water partition coefficient (Wildman–Crippen LogP) is 5.20. The molecule has 0 aliphatic rings. The SMILES string of the molecule is CCOC(=O)Cc1csc(NC(=O)C(C)Sc2ccc(NC(=O)Cc3ccc(Cl)cc3)cc2)n1. The van der Waals surface area contributed by atoms with Gasteiger partial charge in [-0.1, -0.05) is 23.7 Å². The molecule has 178 valence electrons. The molecule has 2 N–H and O–H groups in total. The first kappa shape index (κ1) is 25.7. The molecular formula is C24H24ClN3O4S2. The fraction of sp³-hybridized carbons (Fsp3) is 0.250. The summed E-state index contributed by atoms with van der Waals surface area (Å²) in [7, 11) is 0. The number of rotatable bonds is 10. The molecule has 0 saturated carbocycles. The summed E-state index contributed by atoms with van der Waals surface area (Å²) in [6.07, 6.45) is 0.330. The second-order valence-corrected chi connectivity index (χ2v) is 9.96. The fourth-order valence-electron chi connectivity index (χ4n) is 2.88. The number of halogens is 1. The highest BCUT2D eigenvalue weighted by atomic mass is 35.5. The minimum Gasteiger partial charge on any atom is -0.466 e. The molecule has 7 nitrogen and oxygen atoms in total. The van der Waals surface area contributed by atoms with Gasteiger partial charge in [-0.3, -0.25) is 14.4 Å². The Balaban J connectivity index is 1.47. The van der Waals surface area contributed by atoms with Crippen LogP contribution in [0.5, 0.6) is 0 Å². The maximum atomic E-state index is 12.5. The number of carbonyl (C=O) groups excluding carboxylic acids is 3. The number of benzene rings is 2. The lowest BCUT2D eigenvalue weighted by molar-refractivity contribution is -0.142. The van der Waals surface area contributed by atoms with Crippen LogP contribution >= 0.6 is 34.7 Å². The number of hydrogen-bond donors (Lipinski definition) is 2. The quantitative estimate of drug-likeness (QED) is 0.283. The molecule has 10 heteroatoms. The number of nitrogens with one attached hydrogen (secondary N) is 2. The molecule has 2 amide bonds. The van der Waals surface area contributed by atoms with E-state index in [0.29, 0.717) is 28.1 Å². The van der Waals surface area contributed by atoms with Crippen molar-refractivity contribution in [1.29, 1.82) is 0 Å². The third-order valence-corrected chi connectivity index (χ3v) is 6.68. The summed E-state index contributed by atoms with van der Waals surface area (Å²) in [6, 6.07) is 14.5. The number of carbonyl (C=O) groups is 3. The number of hydrogen-bond acceptors (Lipinski definition) is 7. The smallest absolute Gasteiger partial charge is 0.311 e. The summed E-state index contributed by atoms with van der Waals surface area (Å²) >= 11 is 8.53. The number of aromatic nitrogens is 1. The average Bonchev–Trinajstić information content (AvgIpc) is 3.23. The number of amides is 2. The van der Waals surface area contributed by atoms with Gasteiger partial charge in [-0.2, -0.15) is 0 Å². The molecule has 1 atom stereocenters. The normalized spacial score (nSPS) is 11.5. The first-order valence-electron chi connectivity index (χ1n) is 10.5. The molecule has 2 aromatic carbocycles. The second-order valence-electron chi connectivity index (χ2n) is 7.25. The van der Waals surface area contributed by atoms with Crippen molar-refractivity contribution in [2.24, 2.45) is 0 Å². The van der Waals surface area contributed by atoms with E-state index in [9.17, 15) is 14.4 Å². The Morgan fingerprint density at radius 1 is 1.06 bits per heavy atom. The Morgan fingerprint density at radius 2 is 1.76 bits per heavy atom. The van der Waals surface area contributed by atoms with E-state index < -0.39 is 0 Å². The van der Waals surface area contributed by atoms with E-state index in [1.165, 1.54) is 23.1 Å². The van der Waals surface area contributed by atoms with Crippen LogP contribution in [0.15, 0.2) is 58.8 Å². The molecule has 1 aromatic heterocycles. The summed E-state index contributed by atoms with van der Waals surface area (Å²) in [4.78, 5) is 41.5. The van der Waals surface area contributed by atoms with Crippen LogP contribution in [-0.2, 0) is 32.0 Å². The first-order valence-corrected chi connectivity index (χ1v) is 12.7. The number of esters is 1. The van der Waals surface area contributed by atoms with Crippen LogP contribution in [0.3, 0.4) is 0 Å². The zero-order chi connectivity index (χ0) is 24.5. The van der Waals surface area contributed by atoms with Crippen LogP contribution in [0.4, 0.5) is 10.8 Å². The number of thiazole rings is 1. The molecule has 1 unspecified atom stereocenters. The summed E-state index contributed by atoms with van der Waals surface area (Å²) < 4.78 is 4.91. The van der Waals surface area contributed by atoms with Gasteiger partial charge in [-0.25, -0.2) is 4.98 Å². The molecule has 0 spiro atoms.